The predicted molar refractivity (Wildman–Crippen MR) is 46.7 cm³/mol. The van der Waals surface area contributed by atoms with Crippen molar-refractivity contribution in [2.75, 3.05) is 6.61 Å². The van der Waals surface area contributed by atoms with Gasteiger partial charge in [0.1, 0.15) is 0 Å². The topological polar surface area (TPSA) is 46.5 Å². The molecule has 0 fully saturated rings. The number of ether oxygens (including phenoxy) is 1. The number of hydrogen-bond acceptors (Lipinski definition) is 3. The highest BCUT2D eigenvalue weighted by Gasteiger charge is 2.15. The molecule has 1 unspecified atom stereocenters. The van der Waals surface area contributed by atoms with Gasteiger partial charge in [-0.05, 0) is 12.3 Å². The summed E-state index contributed by atoms with van der Waals surface area (Å²) in [7, 11) is 0. The van der Waals surface area contributed by atoms with E-state index < -0.39 is 12.1 Å². The number of esters is 1. The van der Waals surface area contributed by atoms with Gasteiger partial charge in [0.2, 0.25) is 0 Å². The summed E-state index contributed by atoms with van der Waals surface area (Å²) >= 11 is 0. The number of carbonyl (C=O) groups is 1. The minimum Gasteiger partial charge on any atom is -0.464 e. The molecule has 1 atom stereocenters. The molecule has 0 saturated carbocycles. The van der Waals surface area contributed by atoms with Crippen LogP contribution in [0.2, 0.25) is 0 Å². The van der Waals surface area contributed by atoms with Crippen LogP contribution < -0.4 is 0 Å². The number of aliphatic hydroxyl groups is 1. The molecule has 1 N–H and O–H groups in total. The van der Waals surface area contributed by atoms with Gasteiger partial charge in [-0.3, -0.25) is 0 Å². The first-order valence-corrected chi connectivity index (χ1v) is 4.42. The molecular weight excluding hydrogens is 156 g/mol. The number of aliphatic hydroxyl groups excluding tert-OH is 1. The fraction of sp³-hybridized carbons (Fsp3) is 0.889. The quantitative estimate of drug-likeness (QED) is 0.640. The zero-order chi connectivity index (χ0) is 9.56. The summed E-state index contributed by atoms with van der Waals surface area (Å²) in [6, 6.07) is 0. The van der Waals surface area contributed by atoms with Gasteiger partial charge in [0.15, 0.2) is 6.10 Å². The molecule has 3 nitrogen and oxygen atoms in total. The maximum atomic E-state index is 11.0. The van der Waals surface area contributed by atoms with Crippen molar-refractivity contribution in [2.24, 2.45) is 5.92 Å². The first kappa shape index (κ1) is 11.4. The minimum atomic E-state index is -0.936. The summed E-state index contributed by atoms with van der Waals surface area (Å²) in [6.07, 6.45) is 0.336. The first-order valence-electron chi connectivity index (χ1n) is 4.42. The Hall–Kier alpha value is -0.570. The van der Waals surface area contributed by atoms with Crippen LogP contribution in [0.4, 0.5) is 0 Å². The highest BCUT2D eigenvalue weighted by Crippen LogP contribution is 2.00. The second kappa shape index (κ2) is 6.00. The van der Waals surface area contributed by atoms with Crippen LogP contribution in [0.5, 0.6) is 0 Å². The third-order valence-electron chi connectivity index (χ3n) is 1.39. The molecule has 0 bridgehead atoms. The zero-order valence-electron chi connectivity index (χ0n) is 8.04. The largest absolute Gasteiger partial charge is 0.464 e. The Bertz CT molecular complexity index is 132. The lowest BCUT2D eigenvalue weighted by Gasteiger charge is -2.10. The van der Waals surface area contributed by atoms with Crippen LogP contribution in [-0.2, 0) is 9.53 Å². The van der Waals surface area contributed by atoms with Crippen molar-refractivity contribution < 1.29 is 14.6 Å². The second-order valence-electron chi connectivity index (χ2n) is 3.33. The second-order valence-corrected chi connectivity index (χ2v) is 3.33. The number of rotatable bonds is 5. The first-order chi connectivity index (χ1) is 5.57. The van der Waals surface area contributed by atoms with Gasteiger partial charge in [0, 0.05) is 0 Å². The lowest BCUT2D eigenvalue weighted by molar-refractivity contribution is -0.154. The monoisotopic (exact) mass is 174 g/mol. The van der Waals surface area contributed by atoms with Crippen LogP contribution in [-0.4, -0.2) is 23.8 Å². The van der Waals surface area contributed by atoms with E-state index >= 15 is 0 Å². The Morgan fingerprint density at radius 3 is 2.50 bits per heavy atom. The summed E-state index contributed by atoms with van der Waals surface area (Å²) in [6.45, 7) is 6.22. The summed E-state index contributed by atoms with van der Waals surface area (Å²) in [5, 5.41) is 9.16. The van der Waals surface area contributed by atoms with Gasteiger partial charge in [0.05, 0.1) is 6.61 Å². The fourth-order valence-corrected chi connectivity index (χ4v) is 0.736. The summed E-state index contributed by atoms with van der Waals surface area (Å²) in [4.78, 5) is 11.0. The maximum absolute atomic E-state index is 11.0. The minimum absolute atomic E-state index is 0.322. The zero-order valence-corrected chi connectivity index (χ0v) is 8.04. The van der Waals surface area contributed by atoms with Crippen molar-refractivity contribution in [1.29, 1.82) is 0 Å². The Kier molecular flexibility index (Phi) is 5.72. The lowest BCUT2D eigenvalue weighted by atomic mass is 10.2. The predicted octanol–water partition coefficient (Wildman–Crippen LogP) is 1.35. The molecule has 0 aromatic heterocycles. The van der Waals surface area contributed by atoms with E-state index in [4.69, 9.17) is 9.84 Å². The maximum Gasteiger partial charge on any atom is 0.334 e. The van der Waals surface area contributed by atoms with Crippen LogP contribution in [0.25, 0.3) is 0 Å². The van der Waals surface area contributed by atoms with E-state index in [1.165, 1.54) is 0 Å². The average molecular weight is 174 g/mol. The van der Waals surface area contributed by atoms with Gasteiger partial charge in [-0.2, -0.15) is 0 Å². The molecule has 0 aromatic carbocycles. The standard InChI is InChI=1S/C9H18O3/c1-4-5-8(10)9(11)12-6-7(2)3/h7-8,10H,4-6H2,1-3H3. The van der Waals surface area contributed by atoms with Gasteiger partial charge < -0.3 is 9.84 Å². The van der Waals surface area contributed by atoms with Crippen LogP contribution in [0.3, 0.4) is 0 Å². The molecule has 72 valence electrons. The molecule has 3 heteroatoms. The molecule has 0 rings (SSSR count). The molecule has 0 saturated heterocycles. The van der Waals surface area contributed by atoms with E-state index in [0.29, 0.717) is 18.9 Å². The molecule has 0 heterocycles. The Morgan fingerprint density at radius 1 is 1.50 bits per heavy atom. The fourth-order valence-electron chi connectivity index (χ4n) is 0.736. The molecule has 0 aliphatic heterocycles. The summed E-state index contributed by atoms with van der Waals surface area (Å²) < 4.78 is 4.83. The van der Waals surface area contributed by atoms with E-state index in [0.717, 1.165) is 6.42 Å². The smallest absolute Gasteiger partial charge is 0.334 e. The van der Waals surface area contributed by atoms with Crippen molar-refractivity contribution in [1.82, 2.24) is 0 Å². The highest BCUT2D eigenvalue weighted by molar-refractivity contribution is 5.74. The highest BCUT2D eigenvalue weighted by atomic mass is 16.5. The van der Waals surface area contributed by atoms with E-state index in [1.807, 2.05) is 20.8 Å². The molecular formula is C9H18O3. The third kappa shape index (κ3) is 5.13. The molecule has 0 spiro atoms. The molecule has 0 amide bonds. The van der Waals surface area contributed by atoms with Crippen molar-refractivity contribution in [3.8, 4) is 0 Å². The molecule has 0 aliphatic carbocycles. The van der Waals surface area contributed by atoms with E-state index in [2.05, 4.69) is 0 Å². The van der Waals surface area contributed by atoms with Crippen LogP contribution in [0, 0.1) is 5.92 Å². The van der Waals surface area contributed by atoms with Crippen LogP contribution in [0.1, 0.15) is 33.6 Å². The average Bonchev–Trinajstić information content (AvgIpc) is 2.00. The molecule has 0 aliphatic rings. The van der Waals surface area contributed by atoms with Crippen molar-refractivity contribution in [3.05, 3.63) is 0 Å². The van der Waals surface area contributed by atoms with Gasteiger partial charge in [-0.25, -0.2) is 4.79 Å². The van der Waals surface area contributed by atoms with E-state index in [9.17, 15) is 4.79 Å². The normalized spacial score (nSPS) is 13.1. The summed E-state index contributed by atoms with van der Waals surface area (Å²) in [5.74, 6) is -0.173. The molecule has 0 aromatic rings. The van der Waals surface area contributed by atoms with Gasteiger partial charge in [0.25, 0.3) is 0 Å². The van der Waals surface area contributed by atoms with Gasteiger partial charge >= 0.3 is 5.97 Å². The van der Waals surface area contributed by atoms with Crippen molar-refractivity contribution >= 4 is 5.97 Å². The number of carbonyl (C=O) groups excluding carboxylic acids is 1. The SMILES string of the molecule is CCCC(O)C(=O)OCC(C)C. The van der Waals surface area contributed by atoms with Crippen molar-refractivity contribution in [3.63, 3.8) is 0 Å². The van der Waals surface area contributed by atoms with Crippen LogP contribution >= 0.6 is 0 Å². The van der Waals surface area contributed by atoms with E-state index in [1.54, 1.807) is 0 Å². The van der Waals surface area contributed by atoms with Crippen molar-refractivity contribution in [2.45, 2.75) is 39.7 Å². The van der Waals surface area contributed by atoms with E-state index in [-0.39, 0.29) is 0 Å². The Labute approximate surface area is 73.7 Å². The third-order valence-corrected chi connectivity index (χ3v) is 1.39. The van der Waals surface area contributed by atoms with Gasteiger partial charge in [-0.1, -0.05) is 27.2 Å². The summed E-state index contributed by atoms with van der Waals surface area (Å²) in [5.41, 5.74) is 0. The molecule has 0 radical (unpaired) electrons. The Balaban J connectivity index is 3.57. The lowest BCUT2D eigenvalue weighted by Crippen LogP contribution is -2.24. The number of hydrogen-bond donors (Lipinski definition) is 1. The Morgan fingerprint density at radius 2 is 2.08 bits per heavy atom. The van der Waals surface area contributed by atoms with Gasteiger partial charge in [-0.15, -0.1) is 0 Å². The van der Waals surface area contributed by atoms with Crippen LogP contribution in [0.15, 0.2) is 0 Å². The molecule has 12 heavy (non-hydrogen) atoms.